The molecule has 1 aromatic rings. The minimum atomic E-state index is -1.86. The molecule has 2 aliphatic rings. The number of thioether (sulfide) groups is 1. The zero-order chi connectivity index (χ0) is 26.6. The number of alkyl halides is 3. The van der Waals surface area contributed by atoms with Gasteiger partial charge in [0, 0.05) is 37.7 Å². The van der Waals surface area contributed by atoms with Crippen LogP contribution in [0.25, 0.3) is 0 Å². The molecule has 0 aliphatic carbocycles. The average Bonchev–Trinajstić information content (AvgIpc) is 2.84. The van der Waals surface area contributed by atoms with Gasteiger partial charge in [0.2, 0.25) is 3.79 Å². The van der Waals surface area contributed by atoms with E-state index in [0.717, 1.165) is 4.90 Å². The predicted molar refractivity (Wildman–Crippen MR) is 129 cm³/mol. The monoisotopic (exact) mass is 583 g/mol. The van der Waals surface area contributed by atoms with Crippen LogP contribution in [0.1, 0.15) is 5.56 Å². The van der Waals surface area contributed by atoms with E-state index in [2.05, 4.69) is 5.32 Å². The van der Waals surface area contributed by atoms with E-state index in [-0.39, 0.29) is 23.7 Å². The van der Waals surface area contributed by atoms with Gasteiger partial charge in [0.15, 0.2) is 6.29 Å². The van der Waals surface area contributed by atoms with Crippen LogP contribution in [-0.2, 0) is 35.1 Å². The van der Waals surface area contributed by atoms with Gasteiger partial charge in [-0.05, 0) is 17.7 Å². The third-order valence-electron chi connectivity index (χ3n) is 5.06. The SMILES string of the molecule is COC(OC)C1=C(C(=O)OCC(Cl)(Cl)Cl)N2C(=O)[C@H](NC(=O)OCc3ccc([N+](=O)[O-])cc3)[C@@H]2SC1. The van der Waals surface area contributed by atoms with Crippen molar-refractivity contribution in [3.8, 4) is 0 Å². The lowest BCUT2D eigenvalue weighted by molar-refractivity contribution is -0.384. The molecule has 196 valence electrons. The number of benzene rings is 1. The van der Waals surface area contributed by atoms with E-state index < -0.39 is 51.0 Å². The number of nitrogens with one attached hydrogen (secondary N) is 1. The molecule has 1 aromatic carbocycles. The highest BCUT2D eigenvalue weighted by Gasteiger charge is 2.55. The number of alkyl carbamates (subject to hydrolysis) is 1. The predicted octanol–water partition coefficient (Wildman–Crippen LogP) is 2.89. The fraction of sp³-hybridized carbons (Fsp3) is 0.450. The molecule has 0 aromatic heterocycles. The first-order valence-corrected chi connectivity index (χ1v) is 12.3. The zero-order valence-corrected chi connectivity index (χ0v) is 21.9. The van der Waals surface area contributed by atoms with E-state index in [1.807, 2.05) is 0 Å². The van der Waals surface area contributed by atoms with Crippen LogP contribution in [0, 0.1) is 10.1 Å². The largest absolute Gasteiger partial charge is 0.456 e. The van der Waals surface area contributed by atoms with Gasteiger partial charge in [0.05, 0.1) is 4.92 Å². The molecule has 0 spiro atoms. The smallest absolute Gasteiger partial charge is 0.408 e. The highest BCUT2D eigenvalue weighted by Crippen LogP contribution is 2.42. The Hall–Kier alpha value is -2.29. The molecule has 0 unspecified atom stereocenters. The van der Waals surface area contributed by atoms with Gasteiger partial charge in [0.25, 0.3) is 11.6 Å². The topological polar surface area (TPSA) is 147 Å². The number of amides is 2. The van der Waals surface area contributed by atoms with Gasteiger partial charge in [-0.25, -0.2) is 9.59 Å². The van der Waals surface area contributed by atoms with Gasteiger partial charge in [-0.1, -0.05) is 34.8 Å². The maximum absolute atomic E-state index is 12.9. The fourth-order valence-electron chi connectivity index (χ4n) is 3.44. The zero-order valence-electron chi connectivity index (χ0n) is 18.8. The number of methoxy groups -OCH3 is 2. The summed E-state index contributed by atoms with van der Waals surface area (Å²) in [5.41, 5.74) is 0.630. The Morgan fingerprint density at radius 2 is 1.86 bits per heavy atom. The van der Waals surface area contributed by atoms with Crippen molar-refractivity contribution in [3.63, 3.8) is 0 Å². The number of β-lactam (4-membered cyclic amide) rings is 1. The van der Waals surface area contributed by atoms with Crippen LogP contribution in [0.4, 0.5) is 10.5 Å². The van der Waals surface area contributed by atoms with Crippen LogP contribution in [0.2, 0.25) is 0 Å². The van der Waals surface area contributed by atoms with Gasteiger partial charge in [-0.3, -0.25) is 19.8 Å². The molecule has 36 heavy (non-hydrogen) atoms. The van der Waals surface area contributed by atoms with Crippen LogP contribution < -0.4 is 5.32 Å². The molecule has 1 saturated heterocycles. The van der Waals surface area contributed by atoms with Crippen molar-refractivity contribution in [2.45, 2.75) is 28.1 Å². The Labute approximate surface area is 224 Å². The summed E-state index contributed by atoms with van der Waals surface area (Å²) in [7, 11) is 2.73. The number of carbonyl (C=O) groups is 3. The van der Waals surface area contributed by atoms with Crippen molar-refractivity contribution in [2.24, 2.45) is 0 Å². The lowest BCUT2D eigenvalue weighted by Crippen LogP contribution is -2.71. The number of rotatable bonds is 9. The number of hydrogen-bond acceptors (Lipinski definition) is 10. The second-order valence-corrected chi connectivity index (χ2v) is 11.0. The Morgan fingerprint density at radius 1 is 1.22 bits per heavy atom. The maximum Gasteiger partial charge on any atom is 0.408 e. The summed E-state index contributed by atoms with van der Waals surface area (Å²) in [5.74, 6) is -1.30. The quantitative estimate of drug-likeness (QED) is 0.115. The summed E-state index contributed by atoms with van der Waals surface area (Å²) in [6, 6.07) is 4.47. The van der Waals surface area contributed by atoms with Crippen molar-refractivity contribution < 1.29 is 38.3 Å². The first-order valence-electron chi connectivity index (χ1n) is 10.1. The second-order valence-electron chi connectivity index (χ2n) is 7.40. The summed E-state index contributed by atoms with van der Waals surface area (Å²) >= 11 is 18.3. The number of nitrogens with zero attached hydrogens (tertiary/aromatic N) is 2. The molecule has 16 heteroatoms. The highest BCUT2D eigenvalue weighted by molar-refractivity contribution is 8.00. The third kappa shape index (κ3) is 6.52. The molecule has 2 amide bonds. The number of halogens is 3. The third-order valence-corrected chi connectivity index (χ3v) is 6.69. The standard InChI is InChI=1S/C20H20Cl3N3O9S/c1-32-18(33-2)12-8-36-16-13(15(27)25(16)14(12)17(28)35-9-20(21,22)23)24-19(29)34-7-10-3-5-11(6-4-10)26(30)31/h3-6,13,16,18H,7-9H2,1-2H3,(H,24,29)/t13-,16-/m0/s1. The van der Waals surface area contributed by atoms with E-state index >= 15 is 0 Å². The summed E-state index contributed by atoms with van der Waals surface area (Å²) in [6.07, 6.45) is -1.83. The molecule has 2 heterocycles. The highest BCUT2D eigenvalue weighted by atomic mass is 35.6. The van der Waals surface area contributed by atoms with Crippen LogP contribution in [-0.4, -0.2) is 75.9 Å². The van der Waals surface area contributed by atoms with Crippen molar-refractivity contribution in [1.82, 2.24) is 10.2 Å². The van der Waals surface area contributed by atoms with E-state index in [4.69, 9.17) is 53.8 Å². The number of carbonyl (C=O) groups excluding carboxylic acids is 3. The van der Waals surface area contributed by atoms with Crippen molar-refractivity contribution in [2.75, 3.05) is 26.6 Å². The minimum absolute atomic E-state index is 0.0996. The number of fused-ring (bicyclic) bond motifs is 1. The summed E-state index contributed by atoms with van der Waals surface area (Å²) in [6.45, 7) is -0.733. The summed E-state index contributed by atoms with van der Waals surface area (Å²) < 4.78 is 18.8. The molecular formula is C20H20Cl3N3O9S. The average molecular weight is 585 g/mol. The molecule has 12 nitrogen and oxygen atoms in total. The van der Waals surface area contributed by atoms with Crippen LogP contribution >= 0.6 is 46.6 Å². The first-order chi connectivity index (χ1) is 17.0. The summed E-state index contributed by atoms with van der Waals surface area (Å²) in [5, 5.41) is 12.6. The van der Waals surface area contributed by atoms with Gasteiger partial charge in [-0.2, -0.15) is 0 Å². The molecule has 2 aliphatic heterocycles. The van der Waals surface area contributed by atoms with Gasteiger partial charge < -0.3 is 24.3 Å². The van der Waals surface area contributed by atoms with Gasteiger partial charge >= 0.3 is 12.1 Å². The number of non-ortho nitro benzene ring substituents is 1. The summed E-state index contributed by atoms with van der Waals surface area (Å²) in [4.78, 5) is 49.4. The molecule has 1 fully saturated rings. The molecule has 0 saturated carbocycles. The van der Waals surface area contributed by atoms with E-state index in [1.54, 1.807) is 0 Å². The Balaban J connectivity index is 1.68. The Kier molecular flexibility index (Phi) is 9.30. The Bertz CT molecular complexity index is 1060. The van der Waals surface area contributed by atoms with Crippen LogP contribution in [0.5, 0.6) is 0 Å². The number of esters is 1. The molecular weight excluding hydrogens is 565 g/mol. The molecule has 2 atom stereocenters. The maximum atomic E-state index is 12.9. The molecule has 0 radical (unpaired) electrons. The first kappa shape index (κ1) is 28.3. The molecule has 0 bridgehead atoms. The normalized spacial score (nSPS) is 19.5. The minimum Gasteiger partial charge on any atom is -0.456 e. The number of nitro benzene ring substituents is 1. The molecule has 3 rings (SSSR count). The van der Waals surface area contributed by atoms with Gasteiger partial charge in [-0.15, -0.1) is 11.8 Å². The van der Waals surface area contributed by atoms with E-state index in [1.165, 1.54) is 50.2 Å². The number of ether oxygens (including phenoxy) is 4. The van der Waals surface area contributed by atoms with Crippen LogP contribution in [0.3, 0.4) is 0 Å². The van der Waals surface area contributed by atoms with Crippen molar-refractivity contribution in [1.29, 1.82) is 0 Å². The van der Waals surface area contributed by atoms with Crippen molar-refractivity contribution >= 4 is 70.2 Å². The van der Waals surface area contributed by atoms with E-state index in [9.17, 15) is 24.5 Å². The number of nitro groups is 1. The number of hydrogen-bond donors (Lipinski definition) is 1. The lowest BCUT2D eigenvalue weighted by atomic mass is 10.0. The second kappa shape index (κ2) is 11.8. The lowest BCUT2D eigenvalue weighted by Gasteiger charge is -2.49. The van der Waals surface area contributed by atoms with Crippen molar-refractivity contribution in [3.05, 3.63) is 51.2 Å². The fourth-order valence-corrected chi connectivity index (χ4v) is 4.96. The van der Waals surface area contributed by atoms with E-state index in [0.29, 0.717) is 11.1 Å². The van der Waals surface area contributed by atoms with Crippen LogP contribution in [0.15, 0.2) is 35.5 Å². The Morgan fingerprint density at radius 3 is 2.42 bits per heavy atom. The van der Waals surface area contributed by atoms with Gasteiger partial charge in [0.1, 0.15) is 30.3 Å². The molecule has 1 N–H and O–H groups in total.